The first-order valence-electron chi connectivity index (χ1n) is 7.87. The molecule has 0 bridgehead atoms. The second-order valence-corrected chi connectivity index (χ2v) is 5.46. The van der Waals surface area contributed by atoms with Gasteiger partial charge in [0.1, 0.15) is 11.6 Å². The van der Waals surface area contributed by atoms with Crippen LogP contribution in [0.2, 0.25) is 0 Å². The summed E-state index contributed by atoms with van der Waals surface area (Å²) in [5.74, 6) is -0.248. The standard InChI is InChI=1S/C17H21FN4O2/c1-3-10-22-16(12(2)11-20-22)21-15(23)8-9-19-17(24)13-4-6-14(18)7-5-13/h4-7,11H,3,8-10H2,1-2H3,(H,19,24)(H,21,23). The van der Waals surface area contributed by atoms with Gasteiger partial charge in [0.05, 0.1) is 6.20 Å². The van der Waals surface area contributed by atoms with Gasteiger partial charge in [-0.05, 0) is 37.6 Å². The lowest BCUT2D eigenvalue weighted by atomic mass is 10.2. The van der Waals surface area contributed by atoms with Crippen molar-refractivity contribution in [1.82, 2.24) is 15.1 Å². The smallest absolute Gasteiger partial charge is 0.251 e. The number of anilines is 1. The first kappa shape index (κ1) is 17.7. The Kier molecular flexibility index (Phi) is 6.06. The maximum Gasteiger partial charge on any atom is 0.251 e. The molecule has 0 radical (unpaired) electrons. The van der Waals surface area contributed by atoms with E-state index in [0.717, 1.165) is 18.5 Å². The summed E-state index contributed by atoms with van der Waals surface area (Å²) in [6.45, 7) is 4.84. The van der Waals surface area contributed by atoms with Gasteiger partial charge in [0.25, 0.3) is 5.91 Å². The molecule has 1 aromatic carbocycles. The van der Waals surface area contributed by atoms with E-state index in [2.05, 4.69) is 15.7 Å². The Morgan fingerprint density at radius 3 is 2.62 bits per heavy atom. The molecule has 0 aliphatic rings. The molecule has 24 heavy (non-hydrogen) atoms. The SMILES string of the molecule is CCCn1ncc(C)c1NC(=O)CCNC(=O)c1ccc(F)cc1. The molecule has 6 nitrogen and oxygen atoms in total. The Labute approximate surface area is 140 Å². The Hall–Kier alpha value is -2.70. The molecule has 0 aliphatic heterocycles. The number of carbonyl (C=O) groups excluding carboxylic acids is 2. The average molecular weight is 332 g/mol. The Morgan fingerprint density at radius 2 is 1.96 bits per heavy atom. The fraction of sp³-hybridized carbons (Fsp3) is 0.353. The molecule has 0 saturated carbocycles. The molecule has 128 valence electrons. The molecule has 2 aromatic rings. The van der Waals surface area contributed by atoms with Gasteiger partial charge in [-0.2, -0.15) is 5.10 Å². The van der Waals surface area contributed by atoms with E-state index < -0.39 is 5.82 Å². The minimum absolute atomic E-state index is 0.143. The number of nitrogens with zero attached hydrogens (tertiary/aromatic N) is 2. The van der Waals surface area contributed by atoms with Crippen LogP contribution in [-0.4, -0.2) is 28.1 Å². The minimum Gasteiger partial charge on any atom is -0.352 e. The van der Waals surface area contributed by atoms with Crippen LogP contribution in [0.1, 0.15) is 35.7 Å². The molecule has 2 amide bonds. The van der Waals surface area contributed by atoms with Crippen LogP contribution in [0.25, 0.3) is 0 Å². The maximum absolute atomic E-state index is 12.8. The summed E-state index contributed by atoms with van der Waals surface area (Å²) >= 11 is 0. The molecule has 0 unspecified atom stereocenters. The van der Waals surface area contributed by atoms with Gasteiger partial charge in [-0.3, -0.25) is 9.59 Å². The molecule has 0 spiro atoms. The summed E-state index contributed by atoms with van der Waals surface area (Å²) in [5.41, 5.74) is 1.25. The number of benzene rings is 1. The number of aromatic nitrogens is 2. The van der Waals surface area contributed by atoms with Gasteiger partial charge in [-0.25, -0.2) is 9.07 Å². The fourth-order valence-electron chi connectivity index (χ4n) is 2.21. The van der Waals surface area contributed by atoms with E-state index >= 15 is 0 Å². The third-order valence-corrected chi connectivity index (χ3v) is 3.46. The molecule has 0 fully saturated rings. The van der Waals surface area contributed by atoms with E-state index in [-0.39, 0.29) is 24.8 Å². The van der Waals surface area contributed by atoms with Gasteiger partial charge in [0.2, 0.25) is 5.91 Å². The molecule has 2 N–H and O–H groups in total. The summed E-state index contributed by atoms with van der Waals surface area (Å²) in [5, 5.41) is 9.68. The number of nitrogens with one attached hydrogen (secondary N) is 2. The highest BCUT2D eigenvalue weighted by molar-refractivity contribution is 5.95. The molecule has 1 aromatic heterocycles. The lowest BCUT2D eigenvalue weighted by molar-refractivity contribution is -0.116. The van der Waals surface area contributed by atoms with Crippen molar-refractivity contribution in [2.24, 2.45) is 0 Å². The highest BCUT2D eigenvalue weighted by Gasteiger charge is 2.11. The van der Waals surface area contributed by atoms with E-state index in [4.69, 9.17) is 0 Å². The van der Waals surface area contributed by atoms with Crippen molar-refractivity contribution in [3.05, 3.63) is 47.4 Å². The molecule has 2 rings (SSSR count). The molecule has 0 aliphatic carbocycles. The number of amides is 2. The predicted octanol–water partition coefficient (Wildman–Crippen LogP) is 2.50. The second kappa shape index (κ2) is 8.24. The molecular weight excluding hydrogens is 311 g/mol. The normalized spacial score (nSPS) is 10.5. The Bertz CT molecular complexity index is 710. The maximum atomic E-state index is 12.8. The van der Waals surface area contributed by atoms with Crippen molar-refractivity contribution in [2.45, 2.75) is 33.2 Å². The van der Waals surface area contributed by atoms with Crippen molar-refractivity contribution in [3.8, 4) is 0 Å². The van der Waals surface area contributed by atoms with Crippen LogP contribution in [0, 0.1) is 12.7 Å². The van der Waals surface area contributed by atoms with E-state index in [9.17, 15) is 14.0 Å². The molecule has 0 atom stereocenters. The number of rotatable bonds is 7. The Morgan fingerprint density at radius 1 is 1.25 bits per heavy atom. The van der Waals surface area contributed by atoms with Crippen LogP contribution in [0.3, 0.4) is 0 Å². The van der Waals surface area contributed by atoms with E-state index in [1.807, 2.05) is 13.8 Å². The van der Waals surface area contributed by atoms with Crippen molar-refractivity contribution in [2.75, 3.05) is 11.9 Å². The minimum atomic E-state index is -0.398. The van der Waals surface area contributed by atoms with E-state index in [1.165, 1.54) is 24.3 Å². The highest BCUT2D eigenvalue weighted by atomic mass is 19.1. The zero-order valence-electron chi connectivity index (χ0n) is 13.8. The molecular formula is C17H21FN4O2. The van der Waals surface area contributed by atoms with Crippen LogP contribution in [0.5, 0.6) is 0 Å². The summed E-state index contributed by atoms with van der Waals surface area (Å²) in [4.78, 5) is 23.9. The third kappa shape index (κ3) is 4.65. The van der Waals surface area contributed by atoms with E-state index in [1.54, 1.807) is 10.9 Å². The van der Waals surface area contributed by atoms with Gasteiger partial charge in [0.15, 0.2) is 0 Å². The fourth-order valence-corrected chi connectivity index (χ4v) is 2.21. The number of aryl methyl sites for hydroxylation is 2. The van der Waals surface area contributed by atoms with Gasteiger partial charge < -0.3 is 10.6 Å². The zero-order chi connectivity index (χ0) is 17.5. The quantitative estimate of drug-likeness (QED) is 0.818. The van der Waals surface area contributed by atoms with E-state index in [0.29, 0.717) is 11.4 Å². The van der Waals surface area contributed by atoms with Gasteiger partial charge in [-0.1, -0.05) is 6.92 Å². The Balaban J connectivity index is 1.82. The van der Waals surface area contributed by atoms with Gasteiger partial charge >= 0.3 is 0 Å². The van der Waals surface area contributed by atoms with Crippen LogP contribution in [0.4, 0.5) is 10.2 Å². The summed E-state index contributed by atoms with van der Waals surface area (Å²) in [7, 11) is 0. The van der Waals surface area contributed by atoms with Crippen molar-refractivity contribution in [3.63, 3.8) is 0 Å². The van der Waals surface area contributed by atoms with Gasteiger partial charge in [0, 0.05) is 30.6 Å². The summed E-state index contributed by atoms with van der Waals surface area (Å²) in [6.07, 6.45) is 2.77. The lowest BCUT2D eigenvalue weighted by Crippen LogP contribution is -2.28. The number of halogens is 1. The van der Waals surface area contributed by atoms with Gasteiger partial charge in [-0.15, -0.1) is 0 Å². The summed E-state index contributed by atoms with van der Waals surface area (Å²) in [6, 6.07) is 5.24. The average Bonchev–Trinajstić information content (AvgIpc) is 2.89. The molecule has 1 heterocycles. The lowest BCUT2D eigenvalue weighted by Gasteiger charge is -2.10. The first-order chi connectivity index (χ1) is 11.5. The van der Waals surface area contributed by atoms with Crippen molar-refractivity contribution < 1.29 is 14.0 Å². The van der Waals surface area contributed by atoms with Crippen LogP contribution >= 0.6 is 0 Å². The number of carbonyl (C=O) groups is 2. The monoisotopic (exact) mass is 332 g/mol. The van der Waals surface area contributed by atoms with Crippen molar-refractivity contribution in [1.29, 1.82) is 0 Å². The molecule has 0 saturated heterocycles. The third-order valence-electron chi connectivity index (χ3n) is 3.46. The molecule has 7 heteroatoms. The predicted molar refractivity (Wildman–Crippen MR) is 89.2 cm³/mol. The first-order valence-corrected chi connectivity index (χ1v) is 7.87. The number of hydrogen-bond acceptors (Lipinski definition) is 3. The van der Waals surface area contributed by atoms with Crippen LogP contribution in [-0.2, 0) is 11.3 Å². The summed E-state index contributed by atoms with van der Waals surface area (Å²) < 4.78 is 14.6. The van der Waals surface area contributed by atoms with Crippen LogP contribution < -0.4 is 10.6 Å². The largest absolute Gasteiger partial charge is 0.352 e. The number of hydrogen-bond donors (Lipinski definition) is 2. The topological polar surface area (TPSA) is 76.0 Å². The van der Waals surface area contributed by atoms with Crippen LogP contribution in [0.15, 0.2) is 30.5 Å². The second-order valence-electron chi connectivity index (χ2n) is 5.46. The zero-order valence-corrected chi connectivity index (χ0v) is 13.8. The highest BCUT2D eigenvalue weighted by Crippen LogP contribution is 2.14. The van der Waals surface area contributed by atoms with Crippen molar-refractivity contribution >= 4 is 17.6 Å².